The highest BCUT2D eigenvalue weighted by Gasteiger charge is 2.18. The number of cyclic esters (lactones) is 1. The zero-order chi connectivity index (χ0) is 45.4. The Morgan fingerprint density at radius 3 is 1.43 bits per heavy atom. The molecule has 61 heavy (non-hydrogen) atoms. The number of hydroxylamine groups is 2. The van der Waals surface area contributed by atoms with Crippen molar-refractivity contribution in [3.8, 4) is 0 Å². The number of esters is 1. The van der Waals surface area contributed by atoms with Crippen molar-refractivity contribution < 1.29 is 28.1 Å². The molecule has 0 saturated carbocycles. The Kier molecular flexibility index (Phi) is 26.5. The third-order valence-electron chi connectivity index (χ3n) is 6.92. The second kappa shape index (κ2) is 29.3. The molecular formula is C39H67N15O6S. The monoisotopic (exact) mass is 874 g/mol. The van der Waals surface area contributed by atoms with E-state index in [1.807, 2.05) is 83.1 Å². The molecule has 0 amide bonds. The van der Waals surface area contributed by atoms with Gasteiger partial charge >= 0.3 is 5.97 Å². The van der Waals surface area contributed by atoms with Gasteiger partial charge in [-0.25, -0.2) is 25.7 Å². The number of amidine groups is 3. The highest BCUT2D eigenvalue weighted by molar-refractivity contribution is 8.02. The first-order chi connectivity index (χ1) is 28.2. The maximum atomic E-state index is 10.4. The number of hydrogen-bond acceptors (Lipinski definition) is 21. The standard InChI is InChI=1S/2C6H10N2O.C6H10N2S.C6H9NO2.2C5H8N2O.C4H8N4.CH4/c3*1-4(2)6-7-5(3)9-8-6;1-4(2)6-7-3-5(8)9-6;1-4(2)5-7-6-3-8-5;1-4(2)5-6-3-8-7-5;1-3(2)4-5-7-8-6-4;/h3*4H,3H2,1-2H3,(H,7,8);4H,3H2,1-2H3;2*3-4H,1-2H3;3H,1-2H3,(H,5,6,7,8);1H4. The second-order valence-electron chi connectivity index (χ2n) is 14.8. The molecule has 0 aromatic carbocycles. The van der Waals surface area contributed by atoms with Crippen LogP contribution in [0.1, 0.15) is 140 Å². The van der Waals surface area contributed by atoms with E-state index in [2.05, 4.69) is 115 Å². The number of aliphatic imine (C=N–C) groups is 4. The van der Waals surface area contributed by atoms with Gasteiger partial charge in [-0.2, -0.15) is 20.2 Å². The first kappa shape index (κ1) is 55.1. The fraction of sp³-hybridized carbons (Fsp3) is 0.590. The van der Waals surface area contributed by atoms with Crippen molar-refractivity contribution in [2.24, 2.45) is 43.6 Å². The SMILES string of the molecule is C.C=C1N=C(C(C)C)NO1.C=C1N=C(C(C)C)NO1.C=C1N=C(C(C)C)NS1.CC(C)C1=NCC(=O)O1.CC(C)c1ncon1.CC(C)c1nn[nH]n1.CC(C)c1nnco1. The Labute approximate surface area is 364 Å². The van der Waals surface area contributed by atoms with Crippen LogP contribution in [0, 0.1) is 23.7 Å². The number of aromatic nitrogens is 8. The number of nitrogens with zero attached hydrogens (tertiary/aromatic N) is 11. The molecule has 4 aliphatic heterocycles. The molecule has 0 fully saturated rings. The second-order valence-corrected chi connectivity index (χ2v) is 15.7. The van der Waals surface area contributed by atoms with Gasteiger partial charge in [0.15, 0.2) is 17.5 Å². The number of aromatic amines is 1. The quantitative estimate of drug-likeness (QED) is 0.130. The fourth-order valence-corrected chi connectivity index (χ4v) is 4.17. The highest BCUT2D eigenvalue weighted by atomic mass is 32.2. The summed E-state index contributed by atoms with van der Waals surface area (Å²) in [6.07, 6.45) is 2.69. The van der Waals surface area contributed by atoms with Gasteiger partial charge in [0, 0.05) is 53.4 Å². The molecule has 22 heteroatoms. The van der Waals surface area contributed by atoms with E-state index in [0.717, 1.165) is 34.2 Å². The number of ether oxygens (including phenoxy) is 1. The van der Waals surface area contributed by atoms with Crippen molar-refractivity contribution in [1.29, 1.82) is 0 Å². The molecule has 0 unspecified atom stereocenters. The molecule has 0 saturated heterocycles. The van der Waals surface area contributed by atoms with Crippen LogP contribution in [0.25, 0.3) is 0 Å². The van der Waals surface area contributed by atoms with E-state index in [-0.39, 0.29) is 25.9 Å². The lowest BCUT2D eigenvalue weighted by Gasteiger charge is -2.01. The van der Waals surface area contributed by atoms with Gasteiger partial charge in [-0.05, 0) is 13.2 Å². The van der Waals surface area contributed by atoms with Crippen LogP contribution in [-0.4, -0.2) is 76.9 Å². The van der Waals surface area contributed by atoms with Crippen molar-refractivity contribution in [2.75, 3.05) is 6.54 Å². The molecule has 21 nitrogen and oxygen atoms in total. The molecule has 7 rings (SSSR count). The van der Waals surface area contributed by atoms with Gasteiger partial charge in [0.25, 0.3) is 0 Å². The van der Waals surface area contributed by atoms with Crippen LogP contribution in [-0.2, 0) is 19.2 Å². The summed E-state index contributed by atoms with van der Waals surface area (Å²) in [5.41, 5.74) is 5.31. The van der Waals surface area contributed by atoms with E-state index < -0.39 is 0 Å². The van der Waals surface area contributed by atoms with E-state index in [0.29, 0.717) is 59.1 Å². The van der Waals surface area contributed by atoms with Crippen LogP contribution in [0.3, 0.4) is 0 Å². The van der Waals surface area contributed by atoms with Crippen LogP contribution in [0.5, 0.6) is 0 Å². The molecule has 0 aliphatic carbocycles. The Balaban J connectivity index is 0.000000687. The summed E-state index contributed by atoms with van der Waals surface area (Å²) in [6, 6.07) is 0. The topological polar surface area (TPSA) is 263 Å². The molecular weight excluding hydrogens is 807 g/mol. The molecule has 3 aromatic rings. The zero-order valence-electron chi connectivity index (χ0n) is 37.3. The van der Waals surface area contributed by atoms with Crippen LogP contribution >= 0.6 is 11.9 Å². The van der Waals surface area contributed by atoms with Gasteiger partial charge in [0.1, 0.15) is 29.1 Å². The van der Waals surface area contributed by atoms with Crippen molar-refractivity contribution in [1.82, 2.24) is 56.6 Å². The minimum atomic E-state index is -0.237. The fourth-order valence-electron chi connectivity index (χ4n) is 3.52. The third kappa shape index (κ3) is 23.4. The van der Waals surface area contributed by atoms with Gasteiger partial charge in [0.2, 0.25) is 30.4 Å². The zero-order valence-corrected chi connectivity index (χ0v) is 38.1. The van der Waals surface area contributed by atoms with Crippen molar-refractivity contribution in [3.63, 3.8) is 0 Å². The summed E-state index contributed by atoms with van der Waals surface area (Å²) in [5.74, 6) is 8.74. The molecule has 0 atom stereocenters. The van der Waals surface area contributed by atoms with E-state index in [9.17, 15) is 4.79 Å². The van der Waals surface area contributed by atoms with Crippen LogP contribution in [0.2, 0.25) is 0 Å². The summed E-state index contributed by atoms with van der Waals surface area (Å²) < 4.78 is 17.2. The van der Waals surface area contributed by atoms with E-state index >= 15 is 0 Å². The average Bonchev–Trinajstić information content (AvgIpc) is 4.03. The predicted octanol–water partition coefficient (Wildman–Crippen LogP) is 7.80. The van der Waals surface area contributed by atoms with E-state index in [1.165, 1.54) is 24.7 Å². The van der Waals surface area contributed by atoms with Crippen molar-refractivity contribution >= 4 is 41.3 Å². The maximum Gasteiger partial charge on any atom is 0.334 e. The Hall–Kier alpha value is -5.93. The normalized spacial score (nSPS) is 14.5. The van der Waals surface area contributed by atoms with Gasteiger partial charge in [0.05, 0.1) is 0 Å². The molecule has 340 valence electrons. The largest absolute Gasteiger partial charge is 0.428 e. The summed E-state index contributed by atoms with van der Waals surface area (Å²) in [6.45, 7) is 39.3. The first-order valence-corrected chi connectivity index (χ1v) is 20.1. The number of tetrazole rings is 1. The molecule has 7 heterocycles. The number of nitrogens with one attached hydrogen (secondary N) is 4. The number of carbonyl (C=O) groups excluding carboxylic acids is 1. The molecule has 4 N–H and O–H groups in total. The lowest BCUT2D eigenvalue weighted by Crippen LogP contribution is -2.21. The lowest BCUT2D eigenvalue weighted by molar-refractivity contribution is -0.132. The summed E-state index contributed by atoms with van der Waals surface area (Å²) in [5, 5.41) is 25.0. The van der Waals surface area contributed by atoms with Crippen molar-refractivity contribution in [3.05, 3.63) is 66.9 Å². The third-order valence-corrected chi connectivity index (χ3v) is 7.55. The minimum Gasteiger partial charge on any atom is -0.428 e. The van der Waals surface area contributed by atoms with Gasteiger partial charge in [-0.3, -0.25) is 0 Å². The smallest absolute Gasteiger partial charge is 0.334 e. The Morgan fingerprint density at radius 2 is 1.23 bits per heavy atom. The first-order valence-electron chi connectivity index (χ1n) is 19.3. The summed E-state index contributed by atoms with van der Waals surface area (Å²) in [7, 11) is 0. The van der Waals surface area contributed by atoms with E-state index in [1.54, 1.807) is 0 Å². The van der Waals surface area contributed by atoms with Gasteiger partial charge in [-0.1, -0.05) is 121 Å². The molecule has 4 aliphatic rings. The number of H-pyrrole nitrogens is 1. The number of carbonyl (C=O) groups is 1. The average molecular weight is 874 g/mol. The maximum absolute atomic E-state index is 10.4. The molecule has 3 aromatic heterocycles. The molecule has 0 radical (unpaired) electrons. The Bertz CT molecular complexity index is 1650. The number of hydrogen-bond donors (Lipinski definition) is 4. The summed E-state index contributed by atoms with van der Waals surface area (Å²) in [4.78, 5) is 39.8. The Morgan fingerprint density at radius 1 is 0.672 bits per heavy atom. The van der Waals surface area contributed by atoms with Crippen LogP contribution in [0.15, 0.2) is 78.2 Å². The van der Waals surface area contributed by atoms with Crippen LogP contribution in [0.4, 0.5) is 0 Å². The highest BCUT2D eigenvalue weighted by Crippen LogP contribution is 2.19. The van der Waals surface area contributed by atoms with Gasteiger partial charge < -0.3 is 28.1 Å². The molecule has 0 spiro atoms. The summed E-state index contributed by atoms with van der Waals surface area (Å²) >= 11 is 1.49. The van der Waals surface area contributed by atoms with Gasteiger partial charge in [-0.15, -0.1) is 20.4 Å². The van der Waals surface area contributed by atoms with Crippen LogP contribution < -0.4 is 15.7 Å². The van der Waals surface area contributed by atoms with Crippen molar-refractivity contribution in [2.45, 2.75) is 122 Å². The minimum absolute atomic E-state index is 0. The van der Waals surface area contributed by atoms with E-state index in [4.69, 9.17) is 18.8 Å². The molecule has 0 bridgehead atoms. The predicted molar refractivity (Wildman–Crippen MR) is 238 cm³/mol. The lowest BCUT2D eigenvalue weighted by atomic mass is 10.2. The number of rotatable bonds is 7.